The summed E-state index contributed by atoms with van der Waals surface area (Å²) in [5, 5.41) is 8.45. The minimum atomic E-state index is -3.61. The monoisotopic (exact) mass is 390 g/mol. The normalized spacial score (nSPS) is 16.5. The van der Waals surface area contributed by atoms with Gasteiger partial charge in [0, 0.05) is 32.6 Å². The summed E-state index contributed by atoms with van der Waals surface area (Å²) in [4.78, 5) is 2.02. The van der Waals surface area contributed by atoms with Gasteiger partial charge in [-0.05, 0) is 18.2 Å². The summed E-state index contributed by atoms with van der Waals surface area (Å²) >= 11 is 11.8. The zero-order valence-electron chi connectivity index (χ0n) is 12.9. The quantitative estimate of drug-likeness (QED) is 0.797. The Bertz CT molecular complexity index is 832. The van der Waals surface area contributed by atoms with Crippen molar-refractivity contribution >= 4 is 39.2 Å². The van der Waals surface area contributed by atoms with E-state index in [0.717, 1.165) is 0 Å². The summed E-state index contributed by atoms with van der Waals surface area (Å²) in [6.07, 6.45) is 0.665. The van der Waals surface area contributed by atoms with Crippen molar-refractivity contribution in [3.8, 4) is 0 Å². The van der Waals surface area contributed by atoms with E-state index in [2.05, 4.69) is 10.2 Å². The zero-order valence-corrected chi connectivity index (χ0v) is 15.3. The number of hydrogen-bond donors (Lipinski definition) is 0. The van der Waals surface area contributed by atoms with Crippen molar-refractivity contribution in [3.63, 3.8) is 0 Å². The zero-order chi connectivity index (χ0) is 17.3. The molecule has 1 aliphatic rings. The van der Waals surface area contributed by atoms with Gasteiger partial charge in [0.15, 0.2) is 0 Å². The van der Waals surface area contributed by atoms with Gasteiger partial charge in [-0.1, -0.05) is 35.2 Å². The number of hydrogen-bond acceptors (Lipinski definition) is 6. The number of halogens is 2. The molecule has 1 aliphatic heterocycles. The lowest BCUT2D eigenvalue weighted by molar-refractivity contribution is 0.369. The van der Waals surface area contributed by atoms with Gasteiger partial charge < -0.3 is 9.32 Å². The first-order chi connectivity index (χ1) is 11.4. The maximum Gasteiger partial charge on any atom is 0.318 e. The van der Waals surface area contributed by atoms with Crippen LogP contribution in [-0.2, 0) is 16.4 Å². The summed E-state index contributed by atoms with van der Waals surface area (Å²) in [6.45, 7) is 3.54. The predicted molar refractivity (Wildman–Crippen MR) is 91.1 cm³/mol. The van der Waals surface area contributed by atoms with Gasteiger partial charge in [0.05, 0.1) is 14.9 Å². The fourth-order valence-corrected chi connectivity index (χ4v) is 4.23. The van der Waals surface area contributed by atoms with Crippen molar-refractivity contribution in [2.45, 2.75) is 18.2 Å². The van der Waals surface area contributed by atoms with E-state index in [4.69, 9.17) is 27.6 Å². The molecule has 0 unspecified atom stereocenters. The Kier molecular flexibility index (Phi) is 5.00. The van der Waals surface area contributed by atoms with E-state index in [1.54, 1.807) is 0 Å². The van der Waals surface area contributed by atoms with Gasteiger partial charge in [0.2, 0.25) is 15.9 Å². The highest BCUT2D eigenvalue weighted by Gasteiger charge is 2.30. The Morgan fingerprint density at radius 3 is 2.42 bits per heavy atom. The molecule has 1 saturated heterocycles. The largest absolute Gasteiger partial charge is 0.408 e. The van der Waals surface area contributed by atoms with E-state index < -0.39 is 10.0 Å². The molecule has 0 spiro atoms. The summed E-state index contributed by atoms with van der Waals surface area (Å²) < 4.78 is 32.3. The van der Waals surface area contributed by atoms with Gasteiger partial charge >= 0.3 is 6.01 Å². The third-order valence-corrected chi connectivity index (χ3v) is 6.43. The van der Waals surface area contributed by atoms with Crippen LogP contribution in [0.25, 0.3) is 0 Å². The van der Waals surface area contributed by atoms with E-state index in [0.29, 0.717) is 49.5 Å². The van der Waals surface area contributed by atoms with Gasteiger partial charge in [-0.25, -0.2) is 8.42 Å². The van der Waals surface area contributed by atoms with Crippen LogP contribution in [0.3, 0.4) is 0 Å². The first kappa shape index (κ1) is 17.5. The highest BCUT2D eigenvalue weighted by atomic mass is 35.5. The fraction of sp³-hybridized carbons (Fsp3) is 0.429. The fourth-order valence-electron chi connectivity index (χ4n) is 2.42. The second kappa shape index (κ2) is 6.87. The van der Waals surface area contributed by atoms with Crippen LogP contribution in [0.4, 0.5) is 6.01 Å². The smallest absolute Gasteiger partial charge is 0.318 e. The molecule has 0 N–H and O–H groups in total. The molecule has 3 rings (SSSR count). The maximum absolute atomic E-state index is 12.7. The predicted octanol–water partition coefficient (Wildman–Crippen LogP) is 2.45. The summed E-state index contributed by atoms with van der Waals surface area (Å²) in [5.74, 6) is 0.566. The van der Waals surface area contributed by atoms with Crippen LogP contribution in [0, 0.1) is 0 Å². The lowest BCUT2D eigenvalue weighted by Crippen LogP contribution is -2.48. The first-order valence-corrected chi connectivity index (χ1v) is 9.64. The molecule has 0 atom stereocenters. The Morgan fingerprint density at radius 1 is 1.12 bits per heavy atom. The van der Waals surface area contributed by atoms with Gasteiger partial charge in [-0.3, -0.25) is 0 Å². The standard InChI is InChI=1S/C14H16Cl2N4O3S/c1-2-13-17-18-14(23-13)19-5-7-20(8-6-19)24(21,22)10-3-4-11(15)12(16)9-10/h3-4,9H,2,5-8H2,1H3. The third-order valence-electron chi connectivity index (χ3n) is 3.80. The molecule has 24 heavy (non-hydrogen) atoms. The Balaban J connectivity index is 1.72. The van der Waals surface area contributed by atoms with Gasteiger partial charge in [0.1, 0.15) is 0 Å². The minimum absolute atomic E-state index is 0.136. The van der Waals surface area contributed by atoms with Crippen LogP contribution >= 0.6 is 23.2 Å². The van der Waals surface area contributed by atoms with E-state index in [-0.39, 0.29) is 9.92 Å². The molecule has 0 radical (unpaired) electrons. The van der Waals surface area contributed by atoms with Crippen molar-refractivity contribution in [1.29, 1.82) is 0 Å². The maximum atomic E-state index is 12.7. The van der Waals surface area contributed by atoms with Crippen LogP contribution in [0.5, 0.6) is 0 Å². The van der Waals surface area contributed by atoms with Crippen LogP contribution in [-0.4, -0.2) is 49.1 Å². The lowest BCUT2D eigenvalue weighted by Gasteiger charge is -2.32. The number of nitrogens with zero attached hydrogens (tertiary/aromatic N) is 4. The summed E-state index contributed by atoms with van der Waals surface area (Å²) in [5.41, 5.74) is 0. The third kappa shape index (κ3) is 3.37. The van der Waals surface area contributed by atoms with Gasteiger partial charge in [-0.15, -0.1) is 5.10 Å². The molecule has 7 nitrogen and oxygen atoms in total. The molecule has 1 fully saturated rings. The number of sulfonamides is 1. The first-order valence-electron chi connectivity index (χ1n) is 7.44. The lowest BCUT2D eigenvalue weighted by atomic mass is 10.4. The van der Waals surface area contributed by atoms with E-state index >= 15 is 0 Å². The van der Waals surface area contributed by atoms with Crippen LogP contribution in [0.15, 0.2) is 27.5 Å². The Morgan fingerprint density at radius 2 is 1.83 bits per heavy atom. The molecule has 0 aliphatic carbocycles. The molecule has 130 valence electrons. The van der Waals surface area contributed by atoms with E-state index in [1.165, 1.54) is 22.5 Å². The van der Waals surface area contributed by atoms with Crippen molar-refractivity contribution in [1.82, 2.24) is 14.5 Å². The molecule has 1 aromatic heterocycles. The van der Waals surface area contributed by atoms with E-state index in [1.807, 2.05) is 11.8 Å². The number of piperazine rings is 1. The summed E-state index contributed by atoms with van der Waals surface area (Å²) in [7, 11) is -3.61. The molecular weight excluding hydrogens is 375 g/mol. The van der Waals surface area contributed by atoms with Crippen molar-refractivity contribution in [2.75, 3.05) is 31.1 Å². The molecular formula is C14H16Cl2N4O3S. The highest BCUT2D eigenvalue weighted by molar-refractivity contribution is 7.89. The van der Waals surface area contributed by atoms with Gasteiger partial charge in [-0.2, -0.15) is 4.31 Å². The molecule has 0 amide bonds. The number of benzene rings is 1. The Labute approximate surface area is 150 Å². The van der Waals surface area contributed by atoms with Crippen molar-refractivity contribution < 1.29 is 12.8 Å². The minimum Gasteiger partial charge on any atom is -0.408 e. The number of rotatable bonds is 4. The number of aryl methyl sites for hydroxylation is 1. The second-order valence-electron chi connectivity index (χ2n) is 5.30. The SMILES string of the molecule is CCc1nnc(N2CCN(S(=O)(=O)c3ccc(Cl)c(Cl)c3)CC2)o1. The van der Waals surface area contributed by atoms with Crippen LogP contribution in [0.2, 0.25) is 10.0 Å². The molecule has 2 aromatic rings. The summed E-state index contributed by atoms with van der Waals surface area (Å²) in [6, 6.07) is 4.74. The van der Waals surface area contributed by atoms with Gasteiger partial charge in [0.25, 0.3) is 0 Å². The molecule has 10 heteroatoms. The van der Waals surface area contributed by atoms with Crippen molar-refractivity contribution in [2.24, 2.45) is 0 Å². The highest BCUT2D eigenvalue weighted by Crippen LogP contribution is 2.27. The second-order valence-corrected chi connectivity index (χ2v) is 8.05. The number of anilines is 1. The van der Waals surface area contributed by atoms with Crippen molar-refractivity contribution in [3.05, 3.63) is 34.1 Å². The Hall–Kier alpha value is -1.35. The molecule has 2 heterocycles. The van der Waals surface area contributed by atoms with Crippen LogP contribution in [0.1, 0.15) is 12.8 Å². The average molecular weight is 391 g/mol. The molecule has 1 aromatic carbocycles. The molecule has 0 saturated carbocycles. The van der Waals surface area contributed by atoms with E-state index in [9.17, 15) is 8.42 Å². The molecule has 0 bridgehead atoms. The van der Waals surface area contributed by atoms with Crippen LogP contribution < -0.4 is 4.90 Å². The topological polar surface area (TPSA) is 79.5 Å². The number of aromatic nitrogens is 2. The average Bonchev–Trinajstić information content (AvgIpc) is 3.06.